The van der Waals surface area contributed by atoms with Crippen LogP contribution in [0.1, 0.15) is 78.4 Å². The molecule has 7 heteroatoms. The first-order chi connectivity index (χ1) is 13.6. The van der Waals surface area contributed by atoms with Crippen molar-refractivity contribution in [1.29, 1.82) is 0 Å². The third-order valence-electron chi connectivity index (χ3n) is 6.35. The van der Waals surface area contributed by atoms with Gasteiger partial charge in [0.1, 0.15) is 0 Å². The van der Waals surface area contributed by atoms with E-state index >= 15 is 0 Å². The molecule has 1 atom stereocenters. The summed E-state index contributed by atoms with van der Waals surface area (Å²) in [7, 11) is 1.98. The number of piperidine rings is 1. The van der Waals surface area contributed by atoms with E-state index in [0.717, 1.165) is 51.0 Å². The number of nitrogens with zero attached hydrogens (tertiary/aromatic N) is 4. The zero-order valence-corrected chi connectivity index (χ0v) is 17.0. The highest BCUT2D eigenvalue weighted by atomic mass is 16.5. The SMILES string of the molecule is Cc1c(CN2CCC[C@H](c3cc(C(=O)NC4CCCCC4)on3)C2)cnn1C. The van der Waals surface area contributed by atoms with E-state index in [0.29, 0.717) is 11.7 Å². The van der Waals surface area contributed by atoms with Crippen LogP contribution >= 0.6 is 0 Å². The molecule has 0 spiro atoms. The molecule has 2 aliphatic rings. The zero-order valence-electron chi connectivity index (χ0n) is 17.0. The van der Waals surface area contributed by atoms with Gasteiger partial charge in [-0.2, -0.15) is 5.10 Å². The van der Waals surface area contributed by atoms with Gasteiger partial charge in [0.2, 0.25) is 5.76 Å². The molecule has 1 amide bonds. The number of nitrogens with one attached hydrogen (secondary N) is 1. The van der Waals surface area contributed by atoms with Crippen LogP contribution in [0.15, 0.2) is 16.8 Å². The lowest BCUT2D eigenvalue weighted by atomic mass is 9.94. The molecule has 0 aromatic carbocycles. The van der Waals surface area contributed by atoms with Gasteiger partial charge in [0.25, 0.3) is 5.91 Å². The number of likely N-dealkylation sites (tertiary alicyclic amines) is 1. The van der Waals surface area contributed by atoms with Crippen molar-refractivity contribution >= 4 is 5.91 Å². The van der Waals surface area contributed by atoms with Crippen LogP contribution in [0.4, 0.5) is 0 Å². The fourth-order valence-corrected chi connectivity index (χ4v) is 4.47. The zero-order chi connectivity index (χ0) is 19.5. The van der Waals surface area contributed by atoms with Gasteiger partial charge in [-0.3, -0.25) is 14.4 Å². The maximum Gasteiger partial charge on any atom is 0.290 e. The molecule has 2 aromatic rings. The smallest absolute Gasteiger partial charge is 0.290 e. The summed E-state index contributed by atoms with van der Waals surface area (Å²) in [5.74, 6) is 0.538. The number of rotatable bonds is 5. The molecule has 3 heterocycles. The summed E-state index contributed by atoms with van der Waals surface area (Å²) in [5, 5.41) is 11.7. The molecule has 1 aliphatic heterocycles. The molecule has 4 rings (SSSR count). The Morgan fingerprint density at radius 1 is 1.25 bits per heavy atom. The van der Waals surface area contributed by atoms with Gasteiger partial charge in [-0.15, -0.1) is 0 Å². The van der Waals surface area contributed by atoms with E-state index in [9.17, 15) is 4.79 Å². The molecule has 1 saturated carbocycles. The number of hydrogen-bond acceptors (Lipinski definition) is 5. The van der Waals surface area contributed by atoms with Crippen molar-refractivity contribution in [3.05, 3.63) is 35.0 Å². The Labute approximate surface area is 166 Å². The van der Waals surface area contributed by atoms with Crippen molar-refractivity contribution in [3.8, 4) is 0 Å². The third kappa shape index (κ3) is 4.29. The predicted molar refractivity (Wildman–Crippen MR) is 106 cm³/mol. The fourth-order valence-electron chi connectivity index (χ4n) is 4.47. The van der Waals surface area contributed by atoms with Crippen molar-refractivity contribution in [1.82, 2.24) is 25.2 Å². The van der Waals surface area contributed by atoms with Gasteiger partial charge >= 0.3 is 0 Å². The van der Waals surface area contributed by atoms with E-state index in [4.69, 9.17) is 4.52 Å². The van der Waals surface area contributed by atoms with Gasteiger partial charge in [-0.1, -0.05) is 24.4 Å². The van der Waals surface area contributed by atoms with Crippen LogP contribution in [-0.2, 0) is 13.6 Å². The van der Waals surface area contributed by atoms with E-state index in [1.165, 1.54) is 30.5 Å². The highest BCUT2D eigenvalue weighted by Crippen LogP contribution is 2.28. The number of carbonyl (C=O) groups is 1. The fraction of sp³-hybridized carbons (Fsp3) is 0.667. The monoisotopic (exact) mass is 385 g/mol. The third-order valence-corrected chi connectivity index (χ3v) is 6.35. The van der Waals surface area contributed by atoms with E-state index < -0.39 is 0 Å². The van der Waals surface area contributed by atoms with Gasteiger partial charge in [0, 0.05) is 49.4 Å². The van der Waals surface area contributed by atoms with Gasteiger partial charge in [0.05, 0.1) is 11.9 Å². The van der Waals surface area contributed by atoms with Crippen LogP contribution in [0.3, 0.4) is 0 Å². The first-order valence-electron chi connectivity index (χ1n) is 10.6. The number of carbonyl (C=O) groups excluding carboxylic acids is 1. The van der Waals surface area contributed by atoms with Gasteiger partial charge in [-0.05, 0) is 39.2 Å². The summed E-state index contributed by atoms with van der Waals surface area (Å²) in [4.78, 5) is 14.9. The van der Waals surface area contributed by atoms with Gasteiger partial charge in [0.15, 0.2) is 0 Å². The molecule has 7 nitrogen and oxygen atoms in total. The Kier molecular flexibility index (Phi) is 5.80. The van der Waals surface area contributed by atoms with Crippen LogP contribution in [0.2, 0.25) is 0 Å². The normalized spacial score (nSPS) is 21.7. The van der Waals surface area contributed by atoms with Crippen LogP contribution < -0.4 is 5.32 Å². The molecule has 28 heavy (non-hydrogen) atoms. The predicted octanol–water partition coefficient (Wildman–Crippen LogP) is 3.16. The second-order valence-electron chi connectivity index (χ2n) is 8.38. The molecule has 0 bridgehead atoms. The largest absolute Gasteiger partial charge is 0.351 e. The lowest BCUT2D eigenvalue weighted by Crippen LogP contribution is -2.36. The topological polar surface area (TPSA) is 76.2 Å². The molecular formula is C21H31N5O2. The molecule has 2 fully saturated rings. The lowest BCUT2D eigenvalue weighted by molar-refractivity contribution is 0.0890. The molecule has 0 radical (unpaired) electrons. The van der Waals surface area contributed by atoms with E-state index in [2.05, 4.69) is 27.4 Å². The molecular weight excluding hydrogens is 354 g/mol. The Bertz CT molecular complexity index is 806. The van der Waals surface area contributed by atoms with Crippen LogP contribution in [-0.4, -0.2) is 44.9 Å². The Hall–Kier alpha value is -2.15. The summed E-state index contributed by atoms with van der Waals surface area (Å²) >= 11 is 0. The second kappa shape index (κ2) is 8.47. The number of amides is 1. The minimum atomic E-state index is -0.121. The molecule has 1 saturated heterocycles. The van der Waals surface area contributed by atoms with E-state index in [-0.39, 0.29) is 11.9 Å². The number of hydrogen-bond donors (Lipinski definition) is 1. The minimum absolute atomic E-state index is 0.121. The standard InChI is InChI=1S/C21H31N5O2/c1-15-17(12-22-25(15)2)14-26-10-6-7-16(13-26)19-11-20(28-24-19)21(27)23-18-8-4-3-5-9-18/h11-12,16,18H,3-10,13-14H2,1-2H3,(H,23,27)/t16-/m0/s1. The van der Waals surface area contributed by atoms with Gasteiger partial charge < -0.3 is 9.84 Å². The Balaban J connectivity index is 1.36. The van der Waals surface area contributed by atoms with E-state index in [1.54, 1.807) is 0 Å². The molecule has 2 aromatic heterocycles. The van der Waals surface area contributed by atoms with Crippen molar-refractivity contribution in [2.45, 2.75) is 70.4 Å². The maximum absolute atomic E-state index is 12.5. The van der Waals surface area contributed by atoms with Crippen molar-refractivity contribution in [2.24, 2.45) is 7.05 Å². The molecule has 1 aliphatic carbocycles. The molecule has 152 valence electrons. The summed E-state index contributed by atoms with van der Waals surface area (Å²) in [6, 6.07) is 2.13. The van der Waals surface area contributed by atoms with Gasteiger partial charge in [-0.25, -0.2) is 0 Å². The maximum atomic E-state index is 12.5. The lowest BCUT2D eigenvalue weighted by Gasteiger charge is -2.31. The second-order valence-corrected chi connectivity index (χ2v) is 8.38. The highest BCUT2D eigenvalue weighted by molar-refractivity contribution is 5.91. The highest BCUT2D eigenvalue weighted by Gasteiger charge is 2.27. The Morgan fingerprint density at radius 2 is 2.07 bits per heavy atom. The quantitative estimate of drug-likeness (QED) is 0.856. The average molecular weight is 386 g/mol. The van der Waals surface area contributed by atoms with Crippen molar-refractivity contribution in [2.75, 3.05) is 13.1 Å². The van der Waals surface area contributed by atoms with Crippen molar-refractivity contribution < 1.29 is 9.32 Å². The summed E-state index contributed by atoms with van der Waals surface area (Å²) in [5.41, 5.74) is 3.39. The Morgan fingerprint density at radius 3 is 2.82 bits per heavy atom. The van der Waals surface area contributed by atoms with Crippen LogP contribution in [0.5, 0.6) is 0 Å². The average Bonchev–Trinajstić information content (AvgIpc) is 3.32. The minimum Gasteiger partial charge on any atom is -0.351 e. The van der Waals surface area contributed by atoms with Crippen molar-refractivity contribution in [3.63, 3.8) is 0 Å². The van der Waals surface area contributed by atoms with E-state index in [1.807, 2.05) is 24.0 Å². The molecule has 1 N–H and O–H groups in total. The first kappa shape index (κ1) is 19.2. The van der Waals surface area contributed by atoms with Crippen LogP contribution in [0.25, 0.3) is 0 Å². The number of aryl methyl sites for hydroxylation is 1. The summed E-state index contributed by atoms with van der Waals surface area (Å²) < 4.78 is 7.33. The van der Waals surface area contributed by atoms with Crippen LogP contribution in [0, 0.1) is 6.92 Å². The summed E-state index contributed by atoms with van der Waals surface area (Å²) in [6.45, 7) is 5.03. The molecule has 0 unspecified atom stereocenters. The first-order valence-corrected chi connectivity index (χ1v) is 10.6. The summed E-state index contributed by atoms with van der Waals surface area (Å²) in [6.07, 6.45) is 9.97. The number of aromatic nitrogens is 3.